The number of ether oxygens (including phenoxy) is 6. The Balaban J connectivity index is 2.50. The molecule has 0 amide bonds. The monoisotopic (exact) mass is 509 g/mol. The van der Waals surface area contributed by atoms with Crippen molar-refractivity contribution < 1.29 is 47.6 Å². The molecular formula is C19H27NO10Se. The fraction of sp³-hybridized carbons (Fsp3) is 0.737. The molecule has 0 bridgehead atoms. The van der Waals surface area contributed by atoms with E-state index in [4.69, 9.17) is 28.4 Å². The van der Waals surface area contributed by atoms with Crippen LogP contribution in [0.2, 0.25) is 0 Å². The Hall–Kier alpha value is -2.01. The summed E-state index contributed by atoms with van der Waals surface area (Å²) in [5, 5.41) is -0.123. The summed E-state index contributed by atoms with van der Waals surface area (Å²) in [5.74, 6) is -2.56. The van der Waals surface area contributed by atoms with E-state index >= 15 is 0 Å². The second-order valence-corrected chi connectivity index (χ2v) is 9.77. The van der Waals surface area contributed by atoms with Crippen LogP contribution in [-0.2, 0) is 47.6 Å². The molecule has 11 nitrogen and oxygen atoms in total. The van der Waals surface area contributed by atoms with Crippen molar-refractivity contribution in [2.75, 3.05) is 6.61 Å². The van der Waals surface area contributed by atoms with Gasteiger partial charge in [-0.2, -0.15) is 0 Å². The molecule has 0 aliphatic carbocycles. The first-order valence-corrected chi connectivity index (χ1v) is 11.5. The van der Waals surface area contributed by atoms with Crippen molar-refractivity contribution in [3.63, 3.8) is 0 Å². The first kappa shape index (κ1) is 25.3. The molecule has 174 valence electrons. The van der Waals surface area contributed by atoms with E-state index in [1.807, 2.05) is 6.92 Å². The molecule has 0 aromatic heterocycles. The molecule has 12 heteroatoms. The third-order valence-electron chi connectivity index (χ3n) is 4.22. The van der Waals surface area contributed by atoms with Gasteiger partial charge in [0.2, 0.25) is 0 Å². The normalized spacial score (nSPS) is 33.0. The second-order valence-electron chi connectivity index (χ2n) is 7.01. The molecule has 0 radical (unpaired) electrons. The average molecular weight is 508 g/mol. The Bertz CT molecular complexity index is 741. The van der Waals surface area contributed by atoms with Crippen LogP contribution in [-0.4, -0.2) is 91.8 Å². The summed E-state index contributed by atoms with van der Waals surface area (Å²) in [4.78, 5) is 51.4. The molecular weight excluding hydrogens is 481 g/mol. The van der Waals surface area contributed by atoms with Crippen LogP contribution >= 0.6 is 0 Å². The third-order valence-corrected chi connectivity index (χ3v) is 6.36. The van der Waals surface area contributed by atoms with Gasteiger partial charge >= 0.3 is 186 Å². The first-order valence-electron chi connectivity index (χ1n) is 9.68. The van der Waals surface area contributed by atoms with Gasteiger partial charge < -0.3 is 0 Å². The number of nitrogens with zero attached hydrogens (tertiary/aromatic N) is 1. The molecule has 31 heavy (non-hydrogen) atoms. The van der Waals surface area contributed by atoms with E-state index in [0.29, 0.717) is 4.61 Å². The van der Waals surface area contributed by atoms with Crippen molar-refractivity contribution in [2.24, 2.45) is 4.99 Å². The van der Waals surface area contributed by atoms with Crippen LogP contribution in [0.1, 0.15) is 41.5 Å². The van der Waals surface area contributed by atoms with Crippen molar-refractivity contribution in [1.29, 1.82) is 0 Å². The molecule has 0 spiro atoms. The number of carbonyl (C=O) groups is 4. The molecule has 1 saturated heterocycles. The van der Waals surface area contributed by atoms with Crippen LogP contribution in [0.15, 0.2) is 4.99 Å². The molecule has 0 aromatic rings. The zero-order valence-corrected chi connectivity index (χ0v) is 19.9. The Morgan fingerprint density at radius 3 is 1.90 bits per heavy atom. The molecule has 2 rings (SSSR count). The predicted octanol–water partition coefficient (Wildman–Crippen LogP) is -0.0631. The maximum atomic E-state index is 11.9. The first-order chi connectivity index (χ1) is 14.5. The van der Waals surface area contributed by atoms with Crippen molar-refractivity contribution in [2.45, 2.75) is 83.3 Å². The van der Waals surface area contributed by atoms with Gasteiger partial charge in [0.15, 0.2) is 0 Å². The number of esters is 4. The zero-order valence-electron chi connectivity index (χ0n) is 18.2. The third kappa shape index (κ3) is 7.27. The van der Waals surface area contributed by atoms with Gasteiger partial charge in [-0.15, -0.1) is 0 Å². The van der Waals surface area contributed by atoms with Gasteiger partial charge in [0.1, 0.15) is 0 Å². The van der Waals surface area contributed by atoms with Crippen molar-refractivity contribution >= 4 is 43.4 Å². The molecule has 2 aliphatic rings. The fourth-order valence-corrected chi connectivity index (χ4v) is 5.57. The van der Waals surface area contributed by atoms with E-state index < -0.39 is 60.6 Å². The zero-order chi connectivity index (χ0) is 23.3. The molecule has 0 N–H and O–H groups in total. The molecule has 0 aromatic carbocycles. The van der Waals surface area contributed by atoms with E-state index in [1.165, 1.54) is 27.7 Å². The summed E-state index contributed by atoms with van der Waals surface area (Å²) >= 11 is -0.281. The Morgan fingerprint density at radius 1 is 0.839 bits per heavy atom. The molecule has 0 saturated carbocycles. The molecule has 2 heterocycles. The van der Waals surface area contributed by atoms with E-state index in [9.17, 15) is 19.2 Å². The predicted molar refractivity (Wildman–Crippen MR) is 105 cm³/mol. The fourth-order valence-electron chi connectivity index (χ4n) is 3.28. The van der Waals surface area contributed by atoms with Gasteiger partial charge in [0, 0.05) is 0 Å². The summed E-state index contributed by atoms with van der Waals surface area (Å²) in [6.07, 6.45) is -5.85. The standard InChI is InChI=1S/C19H27NO10Se/c1-8-20-19(31-13(6)26-8)18-17(29-12(5)24)16(28-11(4)23)15(27-10(3)22)14(30-18)7-25-9(2)21/h8,13-18H,7H2,1-6H3/t8?,13?,14-,15-,16+,17-,18-/m1/s1. The number of carbonyl (C=O) groups excluding carboxylic acids is 4. The average Bonchev–Trinajstić information content (AvgIpc) is 2.61. The maximum absolute atomic E-state index is 11.9. The second kappa shape index (κ2) is 11.0. The van der Waals surface area contributed by atoms with E-state index in [0.717, 1.165) is 0 Å². The number of hydrogen-bond donors (Lipinski definition) is 0. The van der Waals surface area contributed by atoms with Gasteiger partial charge in [0.05, 0.1) is 0 Å². The van der Waals surface area contributed by atoms with E-state index in [2.05, 4.69) is 4.99 Å². The number of aliphatic imine (C=N–C) groups is 1. The summed E-state index contributed by atoms with van der Waals surface area (Å²) in [6, 6.07) is 0. The minimum absolute atomic E-state index is 0.123. The minimum atomic E-state index is -1.20. The van der Waals surface area contributed by atoms with Gasteiger partial charge in [-0.25, -0.2) is 0 Å². The Labute approximate surface area is 186 Å². The Morgan fingerprint density at radius 2 is 1.39 bits per heavy atom. The van der Waals surface area contributed by atoms with Crippen LogP contribution in [0.25, 0.3) is 0 Å². The quantitative estimate of drug-likeness (QED) is 0.273. The summed E-state index contributed by atoms with van der Waals surface area (Å²) in [5.41, 5.74) is 0. The van der Waals surface area contributed by atoms with E-state index in [-0.39, 0.29) is 26.6 Å². The number of rotatable bonds is 6. The van der Waals surface area contributed by atoms with Crippen molar-refractivity contribution in [3.05, 3.63) is 0 Å². The van der Waals surface area contributed by atoms with Crippen molar-refractivity contribution in [3.8, 4) is 0 Å². The van der Waals surface area contributed by atoms with Crippen LogP contribution in [0.5, 0.6) is 0 Å². The van der Waals surface area contributed by atoms with Crippen molar-refractivity contribution in [1.82, 2.24) is 0 Å². The Kier molecular flexibility index (Phi) is 8.99. The van der Waals surface area contributed by atoms with E-state index in [1.54, 1.807) is 6.92 Å². The van der Waals surface area contributed by atoms with Gasteiger partial charge in [-0.05, 0) is 0 Å². The van der Waals surface area contributed by atoms with Crippen LogP contribution in [0.3, 0.4) is 0 Å². The summed E-state index contributed by atoms with van der Waals surface area (Å²) in [6.45, 7) is 8.16. The van der Waals surface area contributed by atoms with Crippen LogP contribution < -0.4 is 0 Å². The SMILES string of the molecule is CC(=O)OC[C@H]1O[C@@H](C2=NC(C)OC(C)[Se]2)[C@H](OC(C)=O)[C@@H](OC(C)=O)[C@@H]1OC(C)=O. The molecule has 2 aliphatic heterocycles. The number of hydrogen-bond acceptors (Lipinski definition) is 11. The molecule has 2 unspecified atom stereocenters. The van der Waals surface area contributed by atoms with Gasteiger partial charge in [-0.1, -0.05) is 0 Å². The van der Waals surface area contributed by atoms with Crippen LogP contribution in [0, 0.1) is 0 Å². The summed E-state index contributed by atoms with van der Waals surface area (Å²) < 4.78 is 33.7. The van der Waals surface area contributed by atoms with Gasteiger partial charge in [0.25, 0.3) is 0 Å². The molecule has 1 fully saturated rings. The van der Waals surface area contributed by atoms with Crippen LogP contribution in [0.4, 0.5) is 0 Å². The molecule has 7 atom stereocenters. The summed E-state index contributed by atoms with van der Waals surface area (Å²) in [7, 11) is 0. The topological polar surface area (TPSA) is 136 Å². The van der Waals surface area contributed by atoms with Gasteiger partial charge in [-0.3, -0.25) is 0 Å².